The highest BCUT2D eigenvalue weighted by Crippen LogP contribution is 2.47. The Morgan fingerprint density at radius 1 is 1.00 bits per heavy atom. The smallest absolute Gasteiger partial charge is 0.140 e. The van der Waals surface area contributed by atoms with Crippen LogP contribution in [0.15, 0.2) is 54.6 Å². The Morgan fingerprint density at radius 2 is 1.74 bits per heavy atom. The van der Waals surface area contributed by atoms with Crippen molar-refractivity contribution >= 4 is 11.5 Å². The minimum absolute atomic E-state index is 0.115. The van der Waals surface area contributed by atoms with Crippen molar-refractivity contribution in [1.82, 2.24) is 0 Å². The van der Waals surface area contributed by atoms with Gasteiger partial charge in [-0.25, -0.2) is 0 Å². The zero-order valence-corrected chi connectivity index (χ0v) is 13.3. The summed E-state index contributed by atoms with van der Waals surface area (Å²) < 4.78 is 5.27. The number of nitrogens with zero attached hydrogens (tertiary/aromatic N) is 1. The quantitative estimate of drug-likeness (QED) is 0.858. The van der Waals surface area contributed by atoms with Crippen LogP contribution in [0.25, 0.3) is 0 Å². The number of Topliss-reactive ketones (excluding diaryl/α,β-unsaturated/α-hetero) is 1. The average Bonchev–Trinajstić information content (AvgIpc) is 2.62. The van der Waals surface area contributed by atoms with Crippen LogP contribution in [0.3, 0.4) is 0 Å². The molecule has 1 aliphatic carbocycles. The van der Waals surface area contributed by atoms with E-state index >= 15 is 0 Å². The molecule has 0 radical (unpaired) electrons. The molecule has 1 saturated carbocycles. The third-order valence-electron chi connectivity index (χ3n) is 5.25. The highest BCUT2D eigenvalue weighted by Gasteiger charge is 2.47. The van der Waals surface area contributed by atoms with Crippen molar-refractivity contribution in [2.45, 2.75) is 31.3 Å². The number of hydrogen-bond acceptors (Lipinski definition) is 3. The van der Waals surface area contributed by atoms with Crippen molar-refractivity contribution in [2.75, 3.05) is 12.0 Å². The topological polar surface area (TPSA) is 29.5 Å². The molecule has 118 valence electrons. The molecule has 3 atom stereocenters. The van der Waals surface area contributed by atoms with Crippen molar-refractivity contribution in [3.63, 3.8) is 0 Å². The van der Waals surface area contributed by atoms with Crippen molar-refractivity contribution < 1.29 is 9.53 Å². The van der Waals surface area contributed by atoms with Gasteiger partial charge in [0.15, 0.2) is 0 Å². The summed E-state index contributed by atoms with van der Waals surface area (Å²) >= 11 is 0. The maximum Gasteiger partial charge on any atom is 0.140 e. The summed E-state index contributed by atoms with van der Waals surface area (Å²) in [4.78, 5) is 14.9. The molecule has 3 aliphatic rings. The lowest BCUT2D eigenvalue weighted by molar-refractivity contribution is -0.128. The first-order chi connectivity index (χ1) is 11.3. The van der Waals surface area contributed by atoms with E-state index in [1.54, 1.807) is 7.11 Å². The Kier molecular flexibility index (Phi) is 3.56. The number of hydrogen-bond donors (Lipinski definition) is 0. The fourth-order valence-electron chi connectivity index (χ4n) is 4.18. The number of anilines is 1. The molecule has 5 rings (SSSR count). The summed E-state index contributed by atoms with van der Waals surface area (Å²) in [6.45, 7) is 0. The van der Waals surface area contributed by atoms with Crippen LogP contribution < -0.4 is 9.64 Å². The van der Waals surface area contributed by atoms with Gasteiger partial charge in [0.2, 0.25) is 0 Å². The van der Waals surface area contributed by atoms with E-state index < -0.39 is 0 Å². The maximum atomic E-state index is 12.5. The number of fused-ring (bicyclic) bond motifs is 3. The average molecular weight is 307 g/mol. The number of methoxy groups -OCH3 is 1. The van der Waals surface area contributed by atoms with Crippen molar-refractivity contribution in [1.29, 1.82) is 0 Å². The Bertz CT molecular complexity index is 695. The van der Waals surface area contributed by atoms with Gasteiger partial charge in [-0.15, -0.1) is 0 Å². The SMILES string of the molecule is COc1ccc(N2C3CCC(C(=O)C3)C2c2ccccc2)cc1. The molecule has 2 heterocycles. The first kappa shape index (κ1) is 14.3. The van der Waals surface area contributed by atoms with Gasteiger partial charge in [0.25, 0.3) is 0 Å². The van der Waals surface area contributed by atoms with Crippen LogP contribution in [0.5, 0.6) is 5.75 Å². The second-order valence-corrected chi connectivity index (χ2v) is 6.47. The molecule has 3 unspecified atom stereocenters. The molecule has 3 fully saturated rings. The molecule has 0 aromatic heterocycles. The molecule has 0 N–H and O–H groups in total. The molecule has 2 saturated heterocycles. The zero-order chi connectivity index (χ0) is 15.8. The molecule has 3 heteroatoms. The number of rotatable bonds is 3. The predicted molar refractivity (Wildman–Crippen MR) is 90.8 cm³/mol. The Morgan fingerprint density at radius 3 is 2.39 bits per heavy atom. The van der Waals surface area contributed by atoms with Gasteiger partial charge in [-0.2, -0.15) is 0 Å². The van der Waals surface area contributed by atoms with Crippen LogP contribution in [-0.4, -0.2) is 18.9 Å². The molecular formula is C20H21NO2. The van der Waals surface area contributed by atoms with Gasteiger partial charge in [-0.05, 0) is 42.7 Å². The van der Waals surface area contributed by atoms with Crippen LogP contribution >= 0.6 is 0 Å². The minimum Gasteiger partial charge on any atom is -0.497 e. The normalized spacial score (nSPS) is 26.4. The Hall–Kier alpha value is -2.29. The van der Waals surface area contributed by atoms with Crippen LogP contribution in [0.1, 0.15) is 30.9 Å². The van der Waals surface area contributed by atoms with Gasteiger partial charge in [-0.1, -0.05) is 30.3 Å². The molecule has 0 spiro atoms. The lowest BCUT2D eigenvalue weighted by Crippen LogP contribution is -2.54. The van der Waals surface area contributed by atoms with Crippen LogP contribution in [0.4, 0.5) is 5.69 Å². The Balaban J connectivity index is 1.76. The minimum atomic E-state index is 0.115. The van der Waals surface area contributed by atoms with E-state index in [-0.39, 0.29) is 12.0 Å². The van der Waals surface area contributed by atoms with Gasteiger partial charge in [0.1, 0.15) is 11.5 Å². The molecule has 2 aromatic rings. The molecule has 2 aromatic carbocycles. The summed E-state index contributed by atoms with van der Waals surface area (Å²) in [6, 6.07) is 19.1. The number of ketones is 1. The molecule has 3 nitrogen and oxygen atoms in total. The van der Waals surface area contributed by atoms with Crippen molar-refractivity contribution in [2.24, 2.45) is 5.92 Å². The van der Waals surface area contributed by atoms with Gasteiger partial charge in [-0.3, -0.25) is 4.79 Å². The van der Waals surface area contributed by atoms with Crippen LogP contribution in [-0.2, 0) is 4.79 Å². The summed E-state index contributed by atoms with van der Waals surface area (Å²) in [5.74, 6) is 1.41. The van der Waals surface area contributed by atoms with E-state index in [1.807, 2.05) is 18.2 Å². The number of carbonyl (C=O) groups is 1. The fraction of sp³-hybridized carbons (Fsp3) is 0.350. The predicted octanol–water partition coefficient (Wildman–Crippen LogP) is 3.99. The van der Waals surface area contributed by atoms with E-state index in [4.69, 9.17) is 4.74 Å². The third-order valence-corrected chi connectivity index (χ3v) is 5.25. The largest absolute Gasteiger partial charge is 0.497 e. The van der Waals surface area contributed by atoms with Gasteiger partial charge >= 0.3 is 0 Å². The molecule has 0 amide bonds. The second-order valence-electron chi connectivity index (χ2n) is 6.47. The first-order valence-corrected chi connectivity index (χ1v) is 8.28. The number of carbonyl (C=O) groups excluding carboxylic acids is 1. The van der Waals surface area contributed by atoms with E-state index in [1.165, 1.54) is 11.3 Å². The summed E-state index contributed by atoms with van der Waals surface area (Å²) in [7, 11) is 1.68. The monoisotopic (exact) mass is 307 g/mol. The number of piperidine rings is 2. The van der Waals surface area contributed by atoms with E-state index in [0.717, 1.165) is 18.6 Å². The standard InChI is InChI=1S/C20H21NO2/c1-23-17-10-7-15(8-11-17)21-16-9-12-18(19(22)13-16)20(21)14-5-3-2-4-6-14/h2-8,10-11,16,18,20H,9,12-13H2,1H3. The highest BCUT2D eigenvalue weighted by atomic mass is 16.5. The van der Waals surface area contributed by atoms with E-state index in [2.05, 4.69) is 41.3 Å². The van der Waals surface area contributed by atoms with Gasteiger partial charge in [0.05, 0.1) is 13.2 Å². The molecule has 23 heavy (non-hydrogen) atoms. The number of benzene rings is 2. The molecule has 2 bridgehead atoms. The van der Waals surface area contributed by atoms with Crippen LogP contribution in [0.2, 0.25) is 0 Å². The fourth-order valence-corrected chi connectivity index (χ4v) is 4.18. The van der Waals surface area contributed by atoms with E-state index in [0.29, 0.717) is 18.2 Å². The summed E-state index contributed by atoms with van der Waals surface area (Å²) in [5, 5.41) is 0. The van der Waals surface area contributed by atoms with Crippen LogP contribution in [0, 0.1) is 5.92 Å². The van der Waals surface area contributed by atoms with Crippen molar-refractivity contribution in [3.05, 3.63) is 60.2 Å². The third kappa shape index (κ3) is 2.40. The first-order valence-electron chi connectivity index (χ1n) is 8.28. The molecule has 2 aliphatic heterocycles. The second kappa shape index (κ2) is 5.73. The maximum absolute atomic E-state index is 12.5. The molecular weight excluding hydrogens is 286 g/mol. The lowest BCUT2D eigenvalue weighted by atomic mass is 9.71. The lowest BCUT2D eigenvalue weighted by Gasteiger charge is -2.52. The summed E-state index contributed by atoms with van der Waals surface area (Å²) in [5.41, 5.74) is 2.42. The van der Waals surface area contributed by atoms with Crippen molar-refractivity contribution in [3.8, 4) is 5.75 Å². The van der Waals surface area contributed by atoms with Gasteiger partial charge < -0.3 is 9.64 Å². The number of ether oxygens (including phenoxy) is 1. The Labute approximate surface area is 136 Å². The zero-order valence-electron chi connectivity index (χ0n) is 13.3. The summed E-state index contributed by atoms with van der Waals surface area (Å²) in [6.07, 6.45) is 2.79. The highest BCUT2D eigenvalue weighted by molar-refractivity contribution is 5.86. The van der Waals surface area contributed by atoms with E-state index in [9.17, 15) is 4.79 Å². The van der Waals surface area contributed by atoms with Gasteiger partial charge in [0, 0.05) is 24.1 Å².